The molecule has 2 aliphatic rings. The average molecular weight is 613 g/mol. The van der Waals surface area contributed by atoms with Gasteiger partial charge in [0.25, 0.3) is 0 Å². The summed E-state index contributed by atoms with van der Waals surface area (Å²) in [5.41, 5.74) is 11.8. The summed E-state index contributed by atoms with van der Waals surface area (Å²) in [6.45, 7) is 8.62. The summed E-state index contributed by atoms with van der Waals surface area (Å²) < 4.78 is 2.34. The van der Waals surface area contributed by atoms with Crippen molar-refractivity contribution in [3.05, 3.63) is 187 Å². The Morgan fingerprint density at radius 2 is 1.33 bits per heavy atom. The smallest absolute Gasteiger partial charge is 0.162 e. The summed E-state index contributed by atoms with van der Waals surface area (Å²) >= 11 is 0. The molecule has 0 bridgehead atoms. The lowest BCUT2D eigenvalue weighted by atomic mass is 9.71. The Labute approximate surface area is 277 Å². The van der Waals surface area contributed by atoms with Gasteiger partial charge in [-0.25, -0.2) is 15.0 Å². The lowest BCUT2D eigenvalue weighted by Crippen LogP contribution is -2.28. The van der Waals surface area contributed by atoms with Crippen LogP contribution in [0.5, 0.6) is 0 Å². The van der Waals surface area contributed by atoms with Crippen molar-refractivity contribution in [2.24, 2.45) is 0 Å². The molecule has 1 aliphatic heterocycles. The average Bonchev–Trinajstić information content (AvgIpc) is 3.77. The Hall–Kier alpha value is -6.39. The third-order valence-electron chi connectivity index (χ3n) is 10.2. The third kappa shape index (κ3) is 3.31. The van der Waals surface area contributed by atoms with E-state index < -0.39 is 5.41 Å². The molecular weight excluding hydrogens is 585 g/mol. The number of benzene rings is 6. The summed E-state index contributed by atoms with van der Waals surface area (Å²) in [6.07, 6.45) is 3.96. The van der Waals surface area contributed by atoms with Crippen LogP contribution in [0.1, 0.15) is 22.5 Å². The van der Waals surface area contributed by atoms with Gasteiger partial charge in [-0.05, 0) is 57.5 Å². The predicted molar refractivity (Wildman–Crippen MR) is 196 cm³/mol. The molecule has 0 N–H and O–H groups in total. The van der Waals surface area contributed by atoms with E-state index in [0.29, 0.717) is 5.82 Å². The summed E-state index contributed by atoms with van der Waals surface area (Å²) in [5.74, 6) is 1.62. The molecule has 1 spiro atoms. The topological polar surface area (TPSA) is 43.6 Å². The van der Waals surface area contributed by atoms with Crippen LogP contribution in [0.25, 0.3) is 66.6 Å². The first-order valence-corrected chi connectivity index (χ1v) is 16.2. The highest BCUT2D eigenvalue weighted by molar-refractivity contribution is 6.10. The molecule has 4 heteroatoms. The zero-order valence-electron chi connectivity index (χ0n) is 26.1. The maximum atomic E-state index is 5.41. The van der Waals surface area contributed by atoms with E-state index in [4.69, 9.17) is 15.0 Å². The number of nitrogens with zero attached hydrogens (tertiary/aromatic N) is 4. The Kier molecular flexibility index (Phi) is 5.47. The van der Waals surface area contributed by atoms with Crippen LogP contribution < -0.4 is 0 Å². The van der Waals surface area contributed by atoms with Crippen LogP contribution in [0.3, 0.4) is 0 Å². The number of allylic oxidation sites excluding steroid dienone is 4. The van der Waals surface area contributed by atoms with E-state index >= 15 is 0 Å². The fraction of sp³-hybridized carbons (Fsp3) is 0.0227. The van der Waals surface area contributed by atoms with Gasteiger partial charge in [-0.15, -0.1) is 0 Å². The van der Waals surface area contributed by atoms with Crippen LogP contribution in [0.15, 0.2) is 164 Å². The fourth-order valence-corrected chi connectivity index (χ4v) is 8.24. The van der Waals surface area contributed by atoms with Gasteiger partial charge >= 0.3 is 0 Å². The molecule has 0 saturated heterocycles. The molecule has 224 valence electrons. The fourth-order valence-electron chi connectivity index (χ4n) is 8.24. The van der Waals surface area contributed by atoms with E-state index in [1.165, 1.54) is 5.56 Å². The van der Waals surface area contributed by atoms with E-state index in [1.807, 2.05) is 18.2 Å². The predicted octanol–water partition coefficient (Wildman–Crippen LogP) is 10.2. The number of hydrogen-bond acceptors (Lipinski definition) is 3. The number of fused-ring (bicyclic) bond motifs is 12. The minimum atomic E-state index is -0.683. The monoisotopic (exact) mass is 612 g/mol. The molecule has 48 heavy (non-hydrogen) atoms. The first kappa shape index (κ1) is 26.8. The number of imidazole rings is 1. The van der Waals surface area contributed by atoms with Gasteiger partial charge < -0.3 is 0 Å². The number of rotatable bonds is 4. The van der Waals surface area contributed by atoms with Crippen molar-refractivity contribution in [2.45, 2.75) is 5.41 Å². The van der Waals surface area contributed by atoms with Gasteiger partial charge in [0.1, 0.15) is 11.2 Å². The van der Waals surface area contributed by atoms with Gasteiger partial charge in [0.2, 0.25) is 0 Å². The second-order valence-corrected chi connectivity index (χ2v) is 12.4. The van der Waals surface area contributed by atoms with Gasteiger partial charge in [0.05, 0.1) is 27.9 Å². The molecule has 1 unspecified atom stereocenters. The Balaban J connectivity index is 1.37. The van der Waals surface area contributed by atoms with Crippen LogP contribution in [0.2, 0.25) is 0 Å². The molecular formula is C44H28N4. The first-order valence-electron chi connectivity index (χ1n) is 16.2. The Morgan fingerprint density at radius 1 is 0.583 bits per heavy atom. The van der Waals surface area contributed by atoms with E-state index in [-0.39, 0.29) is 0 Å². The highest BCUT2D eigenvalue weighted by Gasteiger charge is 2.55. The number of aromatic nitrogens is 4. The lowest BCUT2D eigenvalue weighted by Gasteiger charge is -2.28. The van der Waals surface area contributed by atoms with Crippen molar-refractivity contribution < 1.29 is 0 Å². The van der Waals surface area contributed by atoms with Crippen LogP contribution in [-0.2, 0) is 5.41 Å². The highest BCUT2D eigenvalue weighted by atomic mass is 15.1. The van der Waals surface area contributed by atoms with Gasteiger partial charge in [-0.3, -0.25) is 4.57 Å². The Morgan fingerprint density at radius 3 is 2.21 bits per heavy atom. The largest absolute Gasteiger partial charge is 0.294 e. The molecule has 4 nitrogen and oxygen atoms in total. The second-order valence-electron chi connectivity index (χ2n) is 12.4. The van der Waals surface area contributed by atoms with Crippen molar-refractivity contribution in [1.82, 2.24) is 19.5 Å². The molecule has 8 aromatic rings. The normalized spacial score (nSPS) is 16.1. The summed E-state index contributed by atoms with van der Waals surface area (Å²) in [4.78, 5) is 16.2. The van der Waals surface area contributed by atoms with E-state index in [1.54, 1.807) is 0 Å². The lowest BCUT2D eigenvalue weighted by molar-refractivity contribution is 0.732. The quantitative estimate of drug-likeness (QED) is 0.186. The Bertz CT molecular complexity index is 2710. The van der Waals surface area contributed by atoms with Gasteiger partial charge in [-0.2, -0.15) is 0 Å². The maximum Gasteiger partial charge on any atom is 0.162 e. The molecule has 0 saturated carbocycles. The van der Waals surface area contributed by atoms with Crippen LogP contribution in [0, 0.1) is 0 Å². The minimum absolute atomic E-state index is 0.676. The summed E-state index contributed by atoms with van der Waals surface area (Å²) in [6, 6.07) is 46.7. The van der Waals surface area contributed by atoms with E-state index in [9.17, 15) is 0 Å². The van der Waals surface area contributed by atoms with Crippen LogP contribution in [0.4, 0.5) is 0 Å². The van der Waals surface area contributed by atoms with Crippen molar-refractivity contribution in [1.29, 1.82) is 0 Å². The molecule has 1 atom stereocenters. The van der Waals surface area contributed by atoms with Crippen LogP contribution in [-0.4, -0.2) is 19.5 Å². The maximum absolute atomic E-state index is 5.41. The summed E-state index contributed by atoms with van der Waals surface area (Å²) in [5, 5.41) is 3.28. The van der Waals surface area contributed by atoms with E-state index in [0.717, 1.165) is 83.3 Å². The van der Waals surface area contributed by atoms with Crippen molar-refractivity contribution in [3.8, 4) is 28.3 Å². The zero-order chi connectivity index (χ0) is 32.0. The first-order chi connectivity index (χ1) is 23.7. The molecule has 6 aromatic carbocycles. The highest BCUT2D eigenvalue weighted by Crippen LogP contribution is 2.60. The van der Waals surface area contributed by atoms with E-state index in [2.05, 4.69) is 145 Å². The van der Waals surface area contributed by atoms with Crippen molar-refractivity contribution in [3.63, 3.8) is 0 Å². The van der Waals surface area contributed by atoms with Gasteiger partial charge in [-0.1, -0.05) is 135 Å². The van der Waals surface area contributed by atoms with Gasteiger partial charge in [0.15, 0.2) is 5.82 Å². The molecule has 1 aliphatic carbocycles. The SMILES string of the molecule is C=CC1=C(C=C)C2(c3ccccc31)c1cccc(-c3nc(-c4ccccc4)c4ccc5ccccc5c4n3)c1-n1c2nc2ccccc21. The third-order valence-corrected chi connectivity index (χ3v) is 10.2. The molecule has 0 amide bonds. The molecule has 3 heterocycles. The standard InChI is InChI=1S/C44H28N4/c1-3-29-31-19-10-11-21-35(31)44(34(29)4-2)36-22-14-20-33(41(36)48-38-24-13-12-23-37(38)45-43(44)48)42-46-39(28-16-6-5-7-17-28)32-26-25-27-15-8-9-18-30(27)40(32)47-42/h3-26H,1-2H2. The molecule has 0 radical (unpaired) electrons. The summed E-state index contributed by atoms with van der Waals surface area (Å²) in [7, 11) is 0. The van der Waals surface area contributed by atoms with Crippen LogP contribution >= 0.6 is 0 Å². The van der Waals surface area contributed by atoms with Crippen molar-refractivity contribution >= 4 is 38.3 Å². The molecule has 0 fully saturated rings. The second kappa shape index (κ2) is 9.81. The number of para-hydroxylation sites is 3. The molecule has 10 rings (SSSR count). The number of hydrogen-bond donors (Lipinski definition) is 0. The zero-order valence-corrected chi connectivity index (χ0v) is 26.1. The minimum Gasteiger partial charge on any atom is -0.294 e. The molecule has 2 aromatic heterocycles. The van der Waals surface area contributed by atoms with Gasteiger partial charge in [0, 0.05) is 21.9 Å². The van der Waals surface area contributed by atoms with Crippen molar-refractivity contribution in [2.75, 3.05) is 0 Å².